The molecule has 0 aliphatic rings. The van der Waals surface area contributed by atoms with Crippen LogP contribution in [0.3, 0.4) is 0 Å². The first kappa shape index (κ1) is 14.5. The minimum Gasteiger partial charge on any atom is -0.311 e. The number of nitrogens with one attached hydrogen (secondary N) is 1. The second-order valence-corrected chi connectivity index (χ2v) is 5.15. The van der Waals surface area contributed by atoms with E-state index >= 15 is 0 Å². The maximum Gasteiger partial charge on any atom is 0.255 e. The molecule has 0 atom stereocenters. The average Bonchev–Trinajstić information content (AvgIpc) is 2.42. The molecule has 3 nitrogen and oxygen atoms in total. The molecule has 0 saturated carbocycles. The predicted molar refractivity (Wildman–Crippen MR) is 79.1 cm³/mol. The lowest BCUT2D eigenvalue weighted by molar-refractivity contribution is 0.583. The van der Waals surface area contributed by atoms with Crippen molar-refractivity contribution in [1.82, 2.24) is 9.88 Å². The van der Waals surface area contributed by atoms with Crippen molar-refractivity contribution in [3.63, 3.8) is 0 Å². The largest absolute Gasteiger partial charge is 0.311 e. The van der Waals surface area contributed by atoms with Crippen LogP contribution in [0.25, 0.3) is 11.3 Å². The van der Waals surface area contributed by atoms with Crippen LogP contribution in [0, 0.1) is 5.82 Å². The zero-order valence-corrected chi connectivity index (χ0v) is 12.0. The van der Waals surface area contributed by atoms with Crippen molar-refractivity contribution in [3.05, 3.63) is 58.1 Å². The lowest BCUT2D eigenvalue weighted by Crippen LogP contribution is -2.29. The first-order valence-corrected chi connectivity index (χ1v) is 6.67. The van der Waals surface area contributed by atoms with E-state index in [0.717, 1.165) is 16.8 Å². The van der Waals surface area contributed by atoms with Gasteiger partial charge in [-0.2, -0.15) is 0 Å². The van der Waals surface area contributed by atoms with Gasteiger partial charge >= 0.3 is 0 Å². The lowest BCUT2D eigenvalue weighted by atomic mass is 10.1. The molecule has 2 aromatic rings. The molecule has 0 aliphatic carbocycles. The second-order valence-electron chi connectivity index (χ2n) is 5.15. The molecule has 1 aromatic heterocycles. The molecule has 0 aliphatic heterocycles. The highest BCUT2D eigenvalue weighted by atomic mass is 19.1. The first-order valence-electron chi connectivity index (χ1n) is 6.67. The number of rotatable bonds is 4. The van der Waals surface area contributed by atoms with Crippen LogP contribution in [-0.4, -0.2) is 10.6 Å². The van der Waals surface area contributed by atoms with Gasteiger partial charge in [-0.05, 0) is 35.9 Å². The van der Waals surface area contributed by atoms with Gasteiger partial charge in [-0.25, -0.2) is 4.39 Å². The van der Waals surface area contributed by atoms with Crippen molar-refractivity contribution in [2.75, 3.05) is 0 Å². The summed E-state index contributed by atoms with van der Waals surface area (Å²) >= 11 is 0. The predicted octanol–water partition coefficient (Wildman–Crippen LogP) is 2.69. The maximum absolute atomic E-state index is 12.9. The Labute approximate surface area is 118 Å². The molecule has 1 N–H and O–H groups in total. The Bertz CT molecular complexity index is 645. The number of pyridine rings is 1. The van der Waals surface area contributed by atoms with Gasteiger partial charge in [0.2, 0.25) is 0 Å². The molecule has 0 fully saturated rings. The fourth-order valence-corrected chi connectivity index (χ4v) is 2.05. The van der Waals surface area contributed by atoms with E-state index < -0.39 is 0 Å². The summed E-state index contributed by atoms with van der Waals surface area (Å²) in [4.78, 5) is 12.3. The summed E-state index contributed by atoms with van der Waals surface area (Å²) in [6.45, 7) is 4.63. The third-order valence-corrected chi connectivity index (χ3v) is 3.22. The molecule has 0 amide bonds. The van der Waals surface area contributed by atoms with Crippen molar-refractivity contribution >= 4 is 0 Å². The van der Waals surface area contributed by atoms with Gasteiger partial charge in [0.05, 0.1) is 5.69 Å². The molecule has 0 bridgehead atoms. The topological polar surface area (TPSA) is 34.0 Å². The summed E-state index contributed by atoms with van der Waals surface area (Å²) in [6, 6.07) is 10.2. The summed E-state index contributed by atoms with van der Waals surface area (Å²) in [7, 11) is 1.74. The number of hydrogen-bond donors (Lipinski definition) is 1. The highest BCUT2D eigenvalue weighted by Crippen LogP contribution is 2.18. The van der Waals surface area contributed by atoms with Crippen molar-refractivity contribution in [1.29, 1.82) is 0 Å². The van der Waals surface area contributed by atoms with E-state index in [9.17, 15) is 9.18 Å². The Morgan fingerprint density at radius 2 is 1.80 bits per heavy atom. The Morgan fingerprint density at radius 1 is 1.15 bits per heavy atom. The van der Waals surface area contributed by atoms with E-state index in [1.807, 2.05) is 26.0 Å². The van der Waals surface area contributed by atoms with Crippen LogP contribution in [0.2, 0.25) is 0 Å². The van der Waals surface area contributed by atoms with E-state index in [2.05, 4.69) is 5.32 Å². The minimum absolute atomic E-state index is 0.0278. The monoisotopic (exact) mass is 274 g/mol. The summed E-state index contributed by atoms with van der Waals surface area (Å²) in [5.74, 6) is -0.281. The summed E-state index contributed by atoms with van der Waals surface area (Å²) in [6.07, 6.45) is 0. The fraction of sp³-hybridized carbons (Fsp3) is 0.312. The standard InChI is InChI=1S/C16H19FN2O/c1-11(2)18-10-13-6-9-15(19(3)16(13)20)12-4-7-14(17)8-5-12/h4-9,11,18H,10H2,1-3H3. The van der Waals surface area contributed by atoms with Crippen molar-refractivity contribution < 1.29 is 4.39 Å². The van der Waals surface area contributed by atoms with Crippen LogP contribution in [0.5, 0.6) is 0 Å². The average molecular weight is 274 g/mol. The number of aromatic nitrogens is 1. The van der Waals surface area contributed by atoms with Gasteiger partial charge in [-0.3, -0.25) is 4.79 Å². The van der Waals surface area contributed by atoms with Gasteiger partial charge in [-0.15, -0.1) is 0 Å². The normalized spacial score (nSPS) is 11.1. The van der Waals surface area contributed by atoms with Gasteiger partial charge in [-0.1, -0.05) is 19.9 Å². The number of halogens is 1. The first-order chi connectivity index (χ1) is 9.49. The Morgan fingerprint density at radius 3 is 2.40 bits per heavy atom. The molecule has 0 unspecified atom stereocenters. The Kier molecular flexibility index (Phi) is 4.35. The molecular weight excluding hydrogens is 255 g/mol. The SMILES string of the molecule is CC(C)NCc1ccc(-c2ccc(F)cc2)n(C)c1=O. The molecule has 2 rings (SSSR count). The van der Waals surface area contributed by atoms with E-state index in [4.69, 9.17) is 0 Å². The summed E-state index contributed by atoms with van der Waals surface area (Å²) in [5, 5.41) is 3.23. The summed E-state index contributed by atoms with van der Waals surface area (Å²) < 4.78 is 14.5. The third-order valence-electron chi connectivity index (χ3n) is 3.22. The lowest BCUT2D eigenvalue weighted by Gasteiger charge is -2.12. The number of hydrogen-bond acceptors (Lipinski definition) is 2. The van der Waals surface area contributed by atoms with Crippen LogP contribution in [0.4, 0.5) is 4.39 Å². The molecule has 1 heterocycles. The third kappa shape index (κ3) is 3.14. The molecule has 4 heteroatoms. The molecular formula is C16H19FN2O. The highest BCUT2D eigenvalue weighted by Gasteiger charge is 2.08. The van der Waals surface area contributed by atoms with Gasteiger partial charge in [0.1, 0.15) is 5.82 Å². The van der Waals surface area contributed by atoms with Gasteiger partial charge < -0.3 is 9.88 Å². The number of nitrogens with zero attached hydrogens (tertiary/aromatic N) is 1. The van der Waals surface area contributed by atoms with Crippen molar-refractivity contribution in [2.24, 2.45) is 7.05 Å². The Balaban J connectivity index is 2.36. The Hall–Kier alpha value is -1.94. The second kappa shape index (κ2) is 6.01. The van der Waals surface area contributed by atoms with E-state index in [1.54, 1.807) is 23.7 Å². The molecule has 0 spiro atoms. The maximum atomic E-state index is 12.9. The van der Waals surface area contributed by atoms with E-state index in [0.29, 0.717) is 12.6 Å². The highest BCUT2D eigenvalue weighted by molar-refractivity contribution is 5.59. The van der Waals surface area contributed by atoms with E-state index in [1.165, 1.54) is 12.1 Å². The summed E-state index contributed by atoms with van der Waals surface area (Å²) in [5.41, 5.74) is 2.31. The van der Waals surface area contributed by atoms with E-state index in [-0.39, 0.29) is 11.4 Å². The van der Waals surface area contributed by atoms with Gasteiger partial charge in [0.15, 0.2) is 0 Å². The zero-order chi connectivity index (χ0) is 14.7. The van der Waals surface area contributed by atoms with Crippen molar-refractivity contribution in [2.45, 2.75) is 26.4 Å². The molecule has 0 saturated heterocycles. The molecule has 0 radical (unpaired) electrons. The molecule has 1 aromatic carbocycles. The quantitative estimate of drug-likeness (QED) is 0.930. The van der Waals surface area contributed by atoms with Crippen LogP contribution < -0.4 is 10.9 Å². The zero-order valence-electron chi connectivity index (χ0n) is 12.0. The van der Waals surface area contributed by atoms with Crippen LogP contribution in [-0.2, 0) is 13.6 Å². The number of benzene rings is 1. The minimum atomic E-state index is -0.281. The van der Waals surface area contributed by atoms with Crippen molar-refractivity contribution in [3.8, 4) is 11.3 Å². The van der Waals surface area contributed by atoms with Crippen LogP contribution in [0.15, 0.2) is 41.2 Å². The van der Waals surface area contributed by atoms with Gasteiger partial charge in [0, 0.05) is 25.2 Å². The molecule has 106 valence electrons. The smallest absolute Gasteiger partial charge is 0.255 e. The molecule has 20 heavy (non-hydrogen) atoms. The van der Waals surface area contributed by atoms with Crippen LogP contribution >= 0.6 is 0 Å². The van der Waals surface area contributed by atoms with Gasteiger partial charge in [0.25, 0.3) is 5.56 Å². The van der Waals surface area contributed by atoms with Crippen LogP contribution in [0.1, 0.15) is 19.4 Å². The fourth-order valence-electron chi connectivity index (χ4n) is 2.05.